The summed E-state index contributed by atoms with van der Waals surface area (Å²) in [6.07, 6.45) is 2.17. The van der Waals surface area contributed by atoms with E-state index in [1.165, 1.54) is 0 Å². The minimum Gasteiger partial charge on any atom is -0.236 e. The van der Waals surface area contributed by atoms with Crippen LogP contribution in [-0.4, -0.2) is 18.4 Å². The summed E-state index contributed by atoms with van der Waals surface area (Å²) >= 11 is 5.96. The van der Waals surface area contributed by atoms with Crippen LogP contribution in [0, 0.1) is 0 Å². The molecule has 2 aliphatic rings. The van der Waals surface area contributed by atoms with Gasteiger partial charge in [0.1, 0.15) is 11.0 Å². The third-order valence-corrected chi connectivity index (χ3v) is 4.48. The Balaban J connectivity index is 2.13. The van der Waals surface area contributed by atoms with Gasteiger partial charge in [-0.25, -0.2) is 18.4 Å². The Labute approximate surface area is 92.6 Å². The lowest BCUT2D eigenvalue weighted by Gasteiger charge is -2.02. The Morgan fingerprint density at radius 2 is 1.93 bits per heavy atom. The minimum atomic E-state index is -3.04. The van der Waals surface area contributed by atoms with Crippen LogP contribution in [0.4, 0.5) is 0 Å². The molecule has 0 saturated heterocycles. The van der Waals surface area contributed by atoms with Gasteiger partial charge in [0.25, 0.3) is 0 Å². The largest absolute Gasteiger partial charge is 0.236 e. The van der Waals surface area contributed by atoms with Crippen molar-refractivity contribution in [3.05, 3.63) is 22.2 Å². The molecular formula is C9H9ClN2O2S. The van der Waals surface area contributed by atoms with Gasteiger partial charge in [-0.05, 0) is 12.8 Å². The first-order chi connectivity index (χ1) is 7.05. The molecule has 1 aliphatic heterocycles. The summed E-state index contributed by atoms with van der Waals surface area (Å²) in [5.74, 6) is 1.13. The van der Waals surface area contributed by atoms with Gasteiger partial charge in [0.2, 0.25) is 0 Å². The van der Waals surface area contributed by atoms with Crippen molar-refractivity contribution in [3.8, 4) is 0 Å². The molecule has 15 heavy (non-hydrogen) atoms. The predicted octanol–water partition coefficient (Wildman–Crippen LogP) is 1.44. The Bertz CT molecular complexity index is 537. The summed E-state index contributed by atoms with van der Waals surface area (Å²) in [5.41, 5.74) is 1.21. The highest BCUT2D eigenvalue weighted by Gasteiger charge is 2.33. The van der Waals surface area contributed by atoms with Crippen LogP contribution in [0.2, 0.25) is 5.15 Å². The molecule has 6 heteroatoms. The third-order valence-electron chi connectivity index (χ3n) is 2.72. The van der Waals surface area contributed by atoms with E-state index in [4.69, 9.17) is 11.6 Å². The van der Waals surface area contributed by atoms with Crippen molar-refractivity contribution in [2.45, 2.75) is 30.3 Å². The molecule has 1 fully saturated rings. The summed E-state index contributed by atoms with van der Waals surface area (Å²) < 4.78 is 22.8. The Morgan fingerprint density at radius 3 is 2.60 bits per heavy atom. The maximum Gasteiger partial charge on any atom is 0.160 e. The standard InChI is InChI=1S/C9H9ClN2O2S/c10-8-6-3-15(13,14)4-7(6)11-9(12-8)5-1-2-5/h5H,1-4H2. The molecule has 1 saturated carbocycles. The van der Waals surface area contributed by atoms with E-state index in [2.05, 4.69) is 9.97 Å². The van der Waals surface area contributed by atoms with Gasteiger partial charge in [-0.15, -0.1) is 0 Å². The SMILES string of the molecule is O=S1(=O)Cc2nc(C3CC3)nc(Cl)c2C1. The summed E-state index contributed by atoms with van der Waals surface area (Å²) in [5, 5.41) is 0.322. The molecule has 2 heterocycles. The van der Waals surface area contributed by atoms with E-state index in [-0.39, 0.29) is 11.5 Å². The molecule has 1 aliphatic carbocycles. The lowest BCUT2D eigenvalue weighted by molar-refractivity contribution is 0.597. The molecular weight excluding hydrogens is 236 g/mol. The first-order valence-electron chi connectivity index (χ1n) is 4.81. The molecule has 80 valence electrons. The van der Waals surface area contributed by atoms with Crippen LogP contribution >= 0.6 is 11.6 Å². The second kappa shape index (κ2) is 2.92. The summed E-state index contributed by atoms with van der Waals surface area (Å²) in [6.45, 7) is 0. The van der Waals surface area contributed by atoms with Gasteiger partial charge in [-0.2, -0.15) is 0 Å². The zero-order chi connectivity index (χ0) is 10.6. The van der Waals surface area contributed by atoms with Gasteiger partial charge in [-0.1, -0.05) is 11.6 Å². The molecule has 3 rings (SSSR count). The number of aromatic nitrogens is 2. The van der Waals surface area contributed by atoms with Crippen molar-refractivity contribution < 1.29 is 8.42 Å². The number of hydrogen-bond acceptors (Lipinski definition) is 4. The number of sulfone groups is 1. The van der Waals surface area contributed by atoms with E-state index in [0.29, 0.717) is 22.3 Å². The number of halogens is 1. The van der Waals surface area contributed by atoms with Crippen LogP contribution in [-0.2, 0) is 21.3 Å². The lowest BCUT2D eigenvalue weighted by Crippen LogP contribution is -1.99. The molecule has 0 unspecified atom stereocenters. The minimum absolute atomic E-state index is 0.00782. The number of nitrogens with zero attached hydrogens (tertiary/aromatic N) is 2. The highest BCUT2D eigenvalue weighted by molar-refractivity contribution is 7.90. The molecule has 0 amide bonds. The maximum atomic E-state index is 11.4. The second-order valence-electron chi connectivity index (χ2n) is 4.10. The second-order valence-corrected chi connectivity index (χ2v) is 6.53. The molecule has 0 N–H and O–H groups in total. The zero-order valence-corrected chi connectivity index (χ0v) is 9.48. The Kier molecular flexibility index (Phi) is 1.86. The highest BCUT2D eigenvalue weighted by Crippen LogP contribution is 2.40. The Morgan fingerprint density at radius 1 is 1.20 bits per heavy atom. The lowest BCUT2D eigenvalue weighted by atomic mass is 10.2. The molecule has 1 aromatic rings. The quantitative estimate of drug-likeness (QED) is 0.702. The van der Waals surface area contributed by atoms with Crippen LogP contribution in [0.15, 0.2) is 0 Å². The first kappa shape index (κ1) is 9.54. The molecule has 0 radical (unpaired) electrons. The smallest absolute Gasteiger partial charge is 0.160 e. The first-order valence-corrected chi connectivity index (χ1v) is 7.01. The van der Waals surface area contributed by atoms with Crippen LogP contribution < -0.4 is 0 Å². The van der Waals surface area contributed by atoms with Gasteiger partial charge in [0.15, 0.2) is 9.84 Å². The van der Waals surface area contributed by atoms with Gasteiger partial charge in [-0.3, -0.25) is 0 Å². The fourth-order valence-electron chi connectivity index (χ4n) is 1.78. The molecule has 0 bridgehead atoms. The number of fused-ring (bicyclic) bond motifs is 1. The van der Waals surface area contributed by atoms with Crippen molar-refractivity contribution in [1.29, 1.82) is 0 Å². The molecule has 0 aromatic carbocycles. The van der Waals surface area contributed by atoms with Crippen molar-refractivity contribution in [2.75, 3.05) is 0 Å². The molecule has 4 nitrogen and oxygen atoms in total. The van der Waals surface area contributed by atoms with Crippen molar-refractivity contribution >= 4 is 21.4 Å². The van der Waals surface area contributed by atoms with E-state index in [1.54, 1.807) is 0 Å². The summed E-state index contributed by atoms with van der Waals surface area (Å²) in [4.78, 5) is 8.46. The van der Waals surface area contributed by atoms with E-state index >= 15 is 0 Å². The average molecular weight is 245 g/mol. The van der Waals surface area contributed by atoms with Crippen molar-refractivity contribution in [3.63, 3.8) is 0 Å². The van der Waals surface area contributed by atoms with Crippen LogP contribution in [0.1, 0.15) is 35.8 Å². The number of hydrogen-bond donors (Lipinski definition) is 0. The summed E-state index contributed by atoms with van der Waals surface area (Å²) in [6, 6.07) is 0. The van der Waals surface area contributed by atoms with E-state index in [9.17, 15) is 8.42 Å². The molecule has 1 aromatic heterocycles. The van der Waals surface area contributed by atoms with E-state index < -0.39 is 9.84 Å². The van der Waals surface area contributed by atoms with Crippen LogP contribution in [0.25, 0.3) is 0 Å². The summed E-state index contributed by atoms with van der Waals surface area (Å²) in [7, 11) is -3.04. The van der Waals surface area contributed by atoms with Gasteiger partial charge < -0.3 is 0 Å². The zero-order valence-electron chi connectivity index (χ0n) is 7.90. The third kappa shape index (κ3) is 1.63. The fraction of sp³-hybridized carbons (Fsp3) is 0.556. The van der Waals surface area contributed by atoms with Gasteiger partial charge >= 0.3 is 0 Å². The van der Waals surface area contributed by atoms with Crippen LogP contribution in [0.3, 0.4) is 0 Å². The van der Waals surface area contributed by atoms with Crippen molar-refractivity contribution in [2.24, 2.45) is 0 Å². The van der Waals surface area contributed by atoms with Gasteiger partial charge in [0, 0.05) is 11.5 Å². The molecule has 0 atom stereocenters. The van der Waals surface area contributed by atoms with E-state index in [0.717, 1.165) is 18.7 Å². The van der Waals surface area contributed by atoms with E-state index in [1.807, 2.05) is 0 Å². The van der Waals surface area contributed by atoms with Crippen LogP contribution in [0.5, 0.6) is 0 Å². The maximum absolute atomic E-state index is 11.4. The Hall–Kier alpha value is -0.680. The normalized spacial score (nSPS) is 22.7. The predicted molar refractivity (Wildman–Crippen MR) is 55.3 cm³/mol. The highest BCUT2D eigenvalue weighted by atomic mass is 35.5. The average Bonchev–Trinajstić information content (AvgIpc) is 2.89. The van der Waals surface area contributed by atoms with Gasteiger partial charge in [0.05, 0.1) is 17.2 Å². The fourth-order valence-corrected chi connectivity index (χ4v) is 3.63. The van der Waals surface area contributed by atoms with Crippen molar-refractivity contribution in [1.82, 2.24) is 9.97 Å². The number of rotatable bonds is 1. The molecule has 0 spiro atoms. The monoisotopic (exact) mass is 244 g/mol. The topological polar surface area (TPSA) is 59.9 Å².